The summed E-state index contributed by atoms with van der Waals surface area (Å²) in [7, 11) is 0. The predicted octanol–water partition coefficient (Wildman–Crippen LogP) is 1.72. The van der Waals surface area contributed by atoms with Gasteiger partial charge in [0.05, 0.1) is 6.42 Å². The monoisotopic (exact) mass is 185 g/mol. The number of carboxylic acid groups (broad SMARTS) is 1. The fourth-order valence-corrected chi connectivity index (χ4v) is 2.12. The molecule has 76 valence electrons. The van der Waals surface area contributed by atoms with E-state index in [1.165, 1.54) is 12.8 Å². The number of likely N-dealkylation sites (tertiary alicyclic amines) is 1. The molecule has 0 aromatic rings. The van der Waals surface area contributed by atoms with Crippen molar-refractivity contribution < 1.29 is 9.90 Å². The molecule has 0 spiro atoms. The predicted molar refractivity (Wildman–Crippen MR) is 51.7 cm³/mol. The Labute approximate surface area is 79.7 Å². The summed E-state index contributed by atoms with van der Waals surface area (Å²) in [4.78, 5) is 12.9. The molecule has 0 bridgehead atoms. The van der Waals surface area contributed by atoms with Crippen LogP contribution in [0.15, 0.2) is 0 Å². The number of piperidine rings is 1. The molecule has 1 aliphatic rings. The van der Waals surface area contributed by atoms with Crippen LogP contribution in [0, 0.1) is 0 Å². The van der Waals surface area contributed by atoms with Gasteiger partial charge in [-0.05, 0) is 33.2 Å². The van der Waals surface area contributed by atoms with Gasteiger partial charge in [0.1, 0.15) is 0 Å². The zero-order valence-electron chi connectivity index (χ0n) is 8.49. The molecule has 1 N–H and O–H groups in total. The third kappa shape index (κ3) is 2.99. The van der Waals surface area contributed by atoms with Crippen molar-refractivity contribution in [2.75, 3.05) is 6.54 Å². The molecule has 1 atom stereocenters. The second kappa shape index (κ2) is 4.61. The van der Waals surface area contributed by atoms with Gasteiger partial charge in [-0.3, -0.25) is 9.69 Å². The maximum absolute atomic E-state index is 10.6. The van der Waals surface area contributed by atoms with E-state index < -0.39 is 5.97 Å². The molecule has 13 heavy (non-hydrogen) atoms. The van der Waals surface area contributed by atoms with E-state index in [9.17, 15) is 4.79 Å². The highest BCUT2D eigenvalue weighted by atomic mass is 16.4. The van der Waals surface area contributed by atoms with E-state index in [-0.39, 0.29) is 6.04 Å². The first kappa shape index (κ1) is 10.5. The van der Waals surface area contributed by atoms with Crippen molar-refractivity contribution >= 4 is 5.97 Å². The highest BCUT2D eigenvalue weighted by Crippen LogP contribution is 2.21. The van der Waals surface area contributed by atoms with E-state index in [2.05, 4.69) is 18.7 Å². The second-order valence-corrected chi connectivity index (χ2v) is 4.08. The minimum atomic E-state index is -0.669. The quantitative estimate of drug-likeness (QED) is 0.728. The molecular formula is C10H19NO2. The zero-order chi connectivity index (χ0) is 9.84. The van der Waals surface area contributed by atoms with E-state index >= 15 is 0 Å². The maximum Gasteiger partial charge on any atom is 0.304 e. The van der Waals surface area contributed by atoms with Crippen LogP contribution in [0.5, 0.6) is 0 Å². The fraction of sp³-hybridized carbons (Fsp3) is 0.900. The minimum Gasteiger partial charge on any atom is -0.481 e. The zero-order valence-corrected chi connectivity index (χ0v) is 8.49. The molecule has 0 radical (unpaired) electrons. The first-order valence-corrected chi connectivity index (χ1v) is 5.09. The SMILES string of the molecule is CC(C)N1CCCC[C@H]1CC(=O)O. The largest absolute Gasteiger partial charge is 0.481 e. The molecule has 1 rings (SSSR count). The van der Waals surface area contributed by atoms with Crippen molar-refractivity contribution in [3.05, 3.63) is 0 Å². The van der Waals surface area contributed by atoms with E-state index in [1.807, 2.05) is 0 Å². The average molecular weight is 185 g/mol. The van der Waals surface area contributed by atoms with Crippen molar-refractivity contribution in [3.63, 3.8) is 0 Å². The van der Waals surface area contributed by atoms with Gasteiger partial charge < -0.3 is 5.11 Å². The summed E-state index contributed by atoms with van der Waals surface area (Å²) in [6.45, 7) is 5.34. The maximum atomic E-state index is 10.6. The topological polar surface area (TPSA) is 40.5 Å². The lowest BCUT2D eigenvalue weighted by atomic mass is 9.98. The molecule has 0 aliphatic carbocycles. The molecule has 3 nitrogen and oxygen atoms in total. The Bertz CT molecular complexity index is 180. The van der Waals surface area contributed by atoms with Crippen LogP contribution in [0.4, 0.5) is 0 Å². The van der Waals surface area contributed by atoms with Gasteiger partial charge in [-0.2, -0.15) is 0 Å². The number of hydrogen-bond acceptors (Lipinski definition) is 2. The van der Waals surface area contributed by atoms with Crippen molar-refractivity contribution in [1.82, 2.24) is 4.90 Å². The van der Waals surface area contributed by atoms with Gasteiger partial charge in [-0.1, -0.05) is 6.42 Å². The van der Waals surface area contributed by atoms with Gasteiger partial charge in [0.25, 0.3) is 0 Å². The number of aliphatic carboxylic acids is 1. The number of nitrogens with zero attached hydrogens (tertiary/aromatic N) is 1. The standard InChI is InChI=1S/C10H19NO2/c1-8(2)11-6-4-3-5-9(11)7-10(12)13/h8-9H,3-7H2,1-2H3,(H,12,13)/t9-/m0/s1. The van der Waals surface area contributed by atoms with Crippen LogP contribution in [0.25, 0.3) is 0 Å². The third-order valence-corrected chi connectivity index (χ3v) is 2.75. The summed E-state index contributed by atoms with van der Waals surface area (Å²) in [6, 6.07) is 0.746. The highest BCUT2D eigenvalue weighted by molar-refractivity contribution is 5.67. The Kier molecular flexibility index (Phi) is 3.72. The van der Waals surface area contributed by atoms with Gasteiger partial charge in [-0.15, -0.1) is 0 Å². The van der Waals surface area contributed by atoms with Crippen molar-refractivity contribution in [1.29, 1.82) is 0 Å². The third-order valence-electron chi connectivity index (χ3n) is 2.75. The van der Waals surface area contributed by atoms with Crippen LogP contribution in [0.2, 0.25) is 0 Å². The van der Waals surface area contributed by atoms with Crippen molar-refractivity contribution in [2.24, 2.45) is 0 Å². The average Bonchev–Trinajstić information content (AvgIpc) is 2.03. The summed E-state index contributed by atoms with van der Waals surface area (Å²) in [5, 5.41) is 8.74. The summed E-state index contributed by atoms with van der Waals surface area (Å²) < 4.78 is 0. The van der Waals surface area contributed by atoms with Gasteiger partial charge >= 0.3 is 5.97 Å². The normalized spacial score (nSPS) is 25.0. The Morgan fingerprint density at radius 2 is 2.23 bits per heavy atom. The molecule has 1 fully saturated rings. The Morgan fingerprint density at radius 1 is 1.54 bits per heavy atom. The lowest BCUT2D eigenvalue weighted by molar-refractivity contribution is -0.139. The van der Waals surface area contributed by atoms with Crippen LogP contribution in [0.1, 0.15) is 39.5 Å². The fourth-order valence-electron chi connectivity index (χ4n) is 2.12. The van der Waals surface area contributed by atoms with E-state index in [0.717, 1.165) is 13.0 Å². The van der Waals surface area contributed by atoms with Gasteiger partial charge in [0.2, 0.25) is 0 Å². The Morgan fingerprint density at radius 3 is 2.77 bits per heavy atom. The molecule has 1 aliphatic heterocycles. The Balaban J connectivity index is 2.51. The van der Waals surface area contributed by atoms with Crippen LogP contribution in [-0.2, 0) is 4.79 Å². The molecule has 3 heteroatoms. The lowest BCUT2D eigenvalue weighted by Crippen LogP contribution is -2.44. The van der Waals surface area contributed by atoms with E-state index in [4.69, 9.17) is 5.11 Å². The Hall–Kier alpha value is -0.570. The molecule has 0 unspecified atom stereocenters. The molecular weight excluding hydrogens is 166 g/mol. The molecule has 1 heterocycles. The van der Waals surface area contributed by atoms with Crippen molar-refractivity contribution in [3.8, 4) is 0 Å². The molecule has 0 amide bonds. The first-order valence-electron chi connectivity index (χ1n) is 5.09. The van der Waals surface area contributed by atoms with Crippen LogP contribution < -0.4 is 0 Å². The van der Waals surface area contributed by atoms with Crippen molar-refractivity contribution in [2.45, 2.75) is 51.6 Å². The second-order valence-electron chi connectivity index (χ2n) is 4.08. The summed E-state index contributed by atoms with van der Waals surface area (Å²) in [6.07, 6.45) is 3.75. The van der Waals surface area contributed by atoms with Gasteiger partial charge in [0.15, 0.2) is 0 Å². The summed E-state index contributed by atoms with van der Waals surface area (Å²) >= 11 is 0. The van der Waals surface area contributed by atoms with Crippen LogP contribution in [-0.4, -0.2) is 34.6 Å². The first-order chi connectivity index (χ1) is 6.11. The lowest BCUT2D eigenvalue weighted by Gasteiger charge is -2.37. The number of rotatable bonds is 3. The minimum absolute atomic E-state index is 0.270. The molecule has 0 saturated carbocycles. The smallest absolute Gasteiger partial charge is 0.304 e. The summed E-state index contributed by atoms with van der Waals surface area (Å²) in [5.74, 6) is -0.669. The number of carbonyl (C=O) groups is 1. The molecule has 0 aromatic heterocycles. The molecule has 0 aromatic carbocycles. The van der Waals surface area contributed by atoms with Crippen LogP contribution in [0.3, 0.4) is 0 Å². The molecule has 1 saturated heterocycles. The van der Waals surface area contributed by atoms with Crippen LogP contribution >= 0.6 is 0 Å². The van der Waals surface area contributed by atoms with E-state index in [0.29, 0.717) is 12.5 Å². The van der Waals surface area contributed by atoms with Gasteiger partial charge in [-0.25, -0.2) is 0 Å². The summed E-state index contributed by atoms with van der Waals surface area (Å²) in [5.41, 5.74) is 0. The highest BCUT2D eigenvalue weighted by Gasteiger charge is 2.25. The number of carboxylic acids is 1. The number of hydrogen-bond donors (Lipinski definition) is 1. The van der Waals surface area contributed by atoms with Gasteiger partial charge in [0, 0.05) is 12.1 Å². The van der Waals surface area contributed by atoms with E-state index in [1.54, 1.807) is 0 Å².